The summed E-state index contributed by atoms with van der Waals surface area (Å²) in [4.78, 5) is 15.3. The minimum atomic E-state index is -0.433. The van der Waals surface area contributed by atoms with Crippen molar-refractivity contribution in [1.82, 2.24) is 14.6 Å². The fraction of sp³-hybridized carbons (Fsp3) is 0.222. The zero-order valence-corrected chi connectivity index (χ0v) is 8.30. The van der Waals surface area contributed by atoms with Crippen LogP contribution in [0, 0.1) is 0 Å². The zero-order valence-electron chi connectivity index (χ0n) is 8.30. The van der Waals surface area contributed by atoms with E-state index in [4.69, 9.17) is 4.74 Å². The van der Waals surface area contributed by atoms with Crippen LogP contribution < -0.4 is 4.74 Å². The highest BCUT2D eigenvalue weighted by Gasteiger charge is 2.13. The maximum atomic E-state index is 11.3. The third-order valence-corrected chi connectivity index (χ3v) is 2.00. The van der Waals surface area contributed by atoms with Gasteiger partial charge >= 0.3 is 5.97 Å². The molecular weight excluding hydrogens is 198 g/mol. The van der Waals surface area contributed by atoms with Crippen LogP contribution in [0.4, 0.5) is 0 Å². The maximum Gasteiger partial charge on any atom is 0.341 e. The van der Waals surface area contributed by atoms with Gasteiger partial charge in [-0.1, -0.05) is 0 Å². The van der Waals surface area contributed by atoms with E-state index in [1.54, 1.807) is 6.20 Å². The Morgan fingerprint density at radius 2 is 2.20 bits per heavy atom. The first-order valence-electron chi connectivity index (χ1n) is 4.22. The highest BCUT2D eigenvalue weighted by molar-refractivity contribution is 5.96. The number of carbonyl (C=O) groups excluding carboxylic acids is 1. The lowest BCUT2D eigenvalue weighted by Gasteiger charge is -1.99. The molecule has 2 aromatic rings. The van der Waals surface area contributed by atoms with Crippen LogP contribution in [0.15, 0.2) is 18.6 Å². The summed E-state index contributed by atoms with van der Waals surface area (Å²) in [5, 5.41) is 3.99. The molecule has 0 aliphatic heterocycles. The van der Waals surface area contributed by atoms with E-state index < -0.39 is 5.97 Å². The monoisotopic (exact) mass is 207 g/mol. The summed E-state index contributed by atoms with van der Waals surface area (Å²) in [5.41, 5.74) is 0.968. The minimum absolute atomic E-state index is 0.382. The van der Waals surface area contributed by atoms with Crippen LogP contribution in [0.5, 0.6) is 5.88 Å². The number of carbonyl (C=O) groups is 1. The molecule has 0 aliphatic carbocycles. The summed E-state index contributed by atoms with van der Waals surface area (Å²) in [6.07, 6.45) is 4.53. The predicted molar refractivity (Wildman–Crippen MR) is 50.9 cm³/mol. The molecule has 78 valence electrons. The highest BCUT2D eigenvalue weighted by atomic mass is 16.5. The number of rotatable bonds is 2. The molecule has 0 aliphatic rings. The Morgan fingerprint density at radius 1 is 1.40 bits per heavy atom. The largest absolute Gasteiger partial charge is 0.480 e. The molecule has 0 fully saturated rings. The molecule has 2 heterocycles. The molecule has 0 spiro atoms. The Morgan fingerprint density at radius 3 is 2.87 bits per heavy atom. The fourth-order valence-corrected chi connectivity index (χ4v) is 1.24. The number of nitrogens with zero attached hydrogens (tertiary/aromatic N) is 3. The minimum Gasteiger partial charge on any atom is -0.480 e. The molecule has 2 aromatic heterocycles. The quantitative estimate of drug-likeness (QED) is 0.672. The van der Waals surface area contributed by atoms with Gasteiger partial charge in [-0.15, -0.1) is 0 Å². The van der Waals surface area contributed by atoms with Crippen LogP contribution in [-0.2, 0) is 4.74 Å². The van der Waals surface area contributed by atoms with Crippen molar-refractivity contribution >= 4 is 11.5 Å². The average molecular weight is 207 g/mol. The first kappa shape index (κ1) is 9.45. The van der Waals surface area contributed by atoms with E-state index in [0.717, 1.165) is 0 Å². The summed E-state index contributed by atoms with van der Waals surface area (Å²) in [5.74, 6) is -0.000942. The Hall–Kier alpha value is -2.11. The number of ether oxygens (including phenoxy) is 2. The first-order valence-corrected chi connectivity index (χ1v) is 4.22. The lowest BCUT2D eigenvalue weighted by atomic mass is 10.3. The van der Waals surface area contributed by atoms with Gasteiger partial charge in [0.25, 0.3) is 0 Å². The van der Waals surface area contributed by atoms with Gasteiger partial charge in [-0.25, -0.2) is 14.3 Å². The van der Waals surface area contributed by atoms with Gasteiger partial charge in [-0.2, -0.15) is 5.10 Å². The SMILES string of the molecule is COC(=O)c1cnn2cc(OC)ncc12. The second kappa shape index (κ2) is 3.56. The number of hydrogen-bond acceptors (Lipinski definition) is 5. The lowest BCUT2D eigenvalue weighted by molar-refractivity contribution is 0.0603. The standard InChI is InChI=1S/C9H9N3O3/c1-14-8-5-12-7(4-10-8)6(3-11-12)9(13)15-2/h3-5H,1-2H3. The maximum absolute atomic E-state index is 11.3. The van der Waals surface area contributed by atoms with Gasteiger partial charge in [-0.3, -0.25) is 0 Å². The molecule has 0 amide bonds. The van der Waals surface area contributed by atoms with Crippen molar-refractivity contribution < 1.29 is 14.3 Å². The molecular formula is C9H9N3O3. The van der Waals surface area contributed by atoms with Crippen LogP contribution in [0.1, 0.15) is 10.4 Å². The number of methoxy groups -OCH3 is 2. The van der Waals surface area contributed by atoms with E-state index in [2.05, 4.69) is 14.8 Å². The summed E-state index contributed by atoms with van der Waals surface area (Å²) in [6.45, 7) is 0. The van der Waals surface area contributed by atoms with E-state index in [9.17, 15) is 4.79 Å². The van der Waals surface area contributed by atoms with E-state index in [1.165, 1.54) is 31.1 Å². The molecule has 0 saturated heterocycles. The normalized spacial score (nSPS) is 10.3. The van der Waals surface area contributed by atoms with Gasteiger partial charge in [0.1, 0.15) is 5.56 Å². The second-order valence-electron chi connectivity index (χ2n) is 2.81. The molecule has 0 N–H and O–H groups in total. The van der Waals surface area contributed by atoms with E-state index in [0.29, 0.717) is 17.0 Å². The van der Waals surface area contributed by atoms with Crippen molar-refractivity contribution in [3.63, 3.8) is 0 Å². The summed E-state index contributed by atoms with van der Waals surface area (Å²) >= 11 is 0. The van der Waals surface area contributed by atoms with Crippen LogP contribution in [0.3, 0.4) is 0 Å². The molecule has 15 heavy (non-hydrogen) atoms. The average Bonchev–Trinajstić information content (AvgIpc) is 2.70. The Bertz CT molecular complexity index is 506. The van der Waals surface area contributed by atoms with Gasteiger partial charge in [0.2, 0.25) is 5.88 Å². The predicted octanol–water partition coefficient (Wildman–Crippen LogP) is 0.524. The van der Waals surface area contributed by atoms with Crippen LogP contribution in [-0.4, -0.2) is 34.8 Å². The molecule has 2 rings (SSSR count). The fourth-order valence-electron chi connectivity index (χ4n) is 1.24. The second-order valence-corrected chi connectivity index (χ2v) is 2.81. The van der Waals surface area contributed by atoms with Crippen molar-refractivity contribution in [3.05, 3.63) is 24.2 Å². The van der Waals surface area contributed by atoms with Gasteiger partial charge in [-0.05, 0) is 0 Å². The van der Waals surface area contributed by atoms with Crippen molar-refractivity contribution in [2.24, 2.45) is 0 Å². The van der Waals surface area contributed by atoms with Crippen LogP contribution in [0.2, 0.25) is 0 Å². The van der Waals surface area contributed by atoms with Gasteiger partial charge in [0.05, 0.1) is 38.3 Å². The highest BCUT2D eigenvalue weighted by Crippen LogP contribution is 2.13. The molecule has 0 bridgehead atoms. The number of aromatic nitrogens is 3. The molecule has 0 saturated carbocycles. The van der Waals surface area contributed by atoms with E-state index in [-0.39, 0.29) is 0 Å². The zero-order chi connectivity index (χ0) is 10.8. The molecule has 6 nitrogen and oxygen atoms in total. The molecule has 0 radical (unpaired) electrons. The van der Waals surface area contributed by atoms with Gasteiger partial charge in [0.15, 0.2) is 0 Å². The van der Waals surface area contributed by atoms with Crippen LogP contribution in [0.25, 0.3) is 5.52 Å². The van der Waals surface area contributed by atoms with Gasteiger partial charge in [0, 0.05) is 0 Å². The van der Waals surface area contributed by atoms with E-state index >= 15 is 0 Å². The Kier molecular flexibility index (Phi) is 2.24. The first-order chi connectivity index (χ1) is 7.26. The number of esters is 1. The van der Waals surface area contributed by atoms with E-state index in [1.807, 2.05) is 0 Å². The Labute approximate surface area is 85.4 Å². The van der Waals surface area contributed by atoms with Crippen molar-refractivity contribution in [2.45, 2.75) is 0 Å². The molecule has 0 unspecified atom stereocenters. The number of hydrogen-bond donors (Lipinski definition) is 0. The molecule has 6 heteroatoms. The lowest BCUT2D eigenvalue weighted by Crippen LogP contribution is -2.01. The van der Waals surface area contributed by atoms with Crippen molar-refractivity contribution in [3.8, 4) is 5.88 Å². The third kappa shape index (κ3) is 1.50. The molecule has 0 aromatic carbocycles. The summed E-state index contributed by atoms with van der Waals surface area (Å²) < 4.78 is 11.1. The number of fused-ring (bicyclic) bond motifs is 1. The topological polar surface area (TPSA) is 65.7 Å². The van der Waals surface area contributed by atoms with Crippen LogP contribution >= 0.6 is 0 Å². The third-order valence-electron chi connectivity index (χ3n) is 2.00. The van der Waals surface area contributed by atoms with Gasteiger partial charge < -0.3 is 9.47 Å². The summed E-state index contributed by atoms with van der Waals surface area (Å²) in [6, 6.07) is 0. The van der Waals surface area contributed by atoms with Crippen molar-refractivity contribution in [1.29, 1.82) is 0 Å². The Balaban J connectivity index is 2.57. The summed E-state index contributed by atoms with van der Waals surface area (Å²) in [7, 11) is 2.83. The van der Waals surface area contributed by atoms with Crippen molar-refractivity contribution in [2.75, 3.05) is 14.2 Å². The smallest absolute Gasteiger partial charge is 0.341 e. The molecule has 0 atom stereocenters.